The van der Waals surface area contributed by atoms with Crippen molar-refractivity contribution < 1.29 is 10.0 Å². The minimum atomic E-state index is -0.373. The Bertz CT molecular complexity index is 516. The Balaban J connectivity index is 2.28. The second kappa shape index (κ2) is 5.28. The van der Waals surface area contributed by atoms with E-state index in [1.807, 2.05) is 20.8 Å². The molecular formula is C14H21N3O3. The molecule has 2 rings (SSSR count). The second-order valence-corrected chi connectivity index (χ2v) is 5.76. The predicted octanol–water partition coefficient (Wildman–Crippen LogP) is 2.60. The summed E-state index contributed by atoms with van der Waals surface area (Å²) in [6.45, 7) is 6.44. The van der Waals surface area contributed by atoms with Gasteiger partial charge < -0.3 is 15.7 Å². The van der Waals surface area contributed by atoms with Crippen LogP contribution in [0.2, 0.25) is 0 Å². The summed E-state index contributed by atoms with van der Waals surface area (Å²) in [6.07, 6.45) is 0.242. The third-order valence-corrected chi connectivity index (χ3v) is 4.13. The molecule has 3 N–H and O–H groups in total. The Kier molecular flexibility index (Phi) is 3.85. The summed E-state index contributed by atoms with van der Waals surface area (Å²) in [6, 6.07) is 5.23. The number of hydrogen-bond donors (Lipinski definition) is 3. The van der Waals surface area contributed by atoms with Crippen molar-refractivity contribution in [3.05, 3.63) is 28.3 Å². The molecule has 1 aromatic rings. The van der Waals surface area contributed by atoms with Crippen molar-refractivity contribution in [3.8, 4) is 0 Å². The lowest BCUT2D eigenvalue weighted by Gasteiger charge is -2.49. The first kappa shape index (κ1) is 14.6. The summed E-state index contributed by atoms with van der Waals surface area (Å²) >= 11 is 0. The van der Waals surface area contributed by atoms with Crippen LogP contribution in [0.4, 0.5) is 17.1 Å². The highest BCUT2D eigenvalue weighted by Crippen LogP contribution is 2.44. The number of benzene rings is 1. The summed E-state index contributed by atoms with van der Waals surface area (Å²) < 4.78 is 0. The number of nitro groups is 1. The van der Waals surface area contributed by atoms with E-state index in [4.69, 9.17) is 0 Å². The van der Waals surface area contributed by atoms with E-state index in [2.05, 4.69) is 10.6 Å². The third-order valence-electron chi connectivity index (χ3n) is 4.13. The number of hydrogen-bond acceptors (Lipinski definition) is 5. The topological polar surface area (TPSA) is 87.4 Å². The van der Waals surface area contributed by atoms with Crippen molar-refractivity contribution in [2.24, 2.45) is 5.41 Å². The normalized spacial score (nSPS) is 23.8. The molecular weight excluding hydrogens is 258 g/mol. The van der Waals surface area contributed by atoms with Gasteiger partial charge in [-0.25, -0.2) is 0 Å². The van der Waals surface area contributed by atoms with E-state index in [9.17, 15) is 15.2 Å². The Morgan fingerprint density at radius 3 is 2.60 bits per heavy atom. The van der Waals surface area contributed by atoms with E-state index in [-0.39, 0.29) is 28.2 Å². The number of nitrogens with one attached hydrogen (secondary N) is 2. The average Bonchev–Trinajstić information content (AvgIpc) is 2.38. The van der Waals surface area contributed by atoms with Gasteiger partial charge in [-0.3, -0.25) is 10.1 Å². The summed E-state index contributed by atoms with van der Waals surface area (Å²) in [4.78, 5) is 10.9. The van der Waals surface area contributed by atoms with Crippen molar-refractivity contribution in [3.63, 3.8) is 0 Å². The molecule has 1 aromatic carbocycles. The molecule has 0 spiro atoms. The monoisotopic (exact) mass is 279 g/mol. The quantitative estimate of drug-likeness (QED) is 0.569. The van der Waals surface area contributed by atoms with E-state index >= 15 is 0 Å². The Hall–Kier alpha value is -1.82. The zero-order valence-electron chi connectivity index (χ0n) is 12.0. The van der Waals surface area contributed by atoms with Gasteiger partial charge in [0.15, 0.2) is 0 Å². The Labute approximate surface area is 118 Å². The molecule has 2 unspecified atom stereocenters. The van der Waals surface area contributed by atoms with E-state index in [1.54, 1.807) is 18.2 Å². The summed E-state index contributed by atoms with van der Waals surface area (Å²) in [7, 11) is 0. The van der Waals surface area contributed by atoms with E-state index in [0.717, 1.165) is 0 Å². The molecule has 1 aliphatic rings. The highest BCUT2D eigenvalue weighted by molar-refractivity contribution is 5.76. The molecule has 0 aliphatic heterocycles. The molecule has 1 aliphatic carbocycles. The summed E-state index contributed by atoms with van der Waals surface area (Å²) in [5.74, 6) is 0. The highest BCUT2D eigenvalue weighted by atomic mass is 16.6. The molecule has 6 heteroatoms. The molecule has 1 fully saturated rings. The maximum Gasteiger partial charge on any atom is 0.315 e. The zero-order chi connectivity index (χ0) is 14.9. The summed E-state index contributed by atoms with van der Waals surface area (Å²) in [5.41, 5.74) is 0.798. The van der Waals surface area contributed by atoms with Crippen LogP contribution in [0.5, 0.6) is 0 Å². The van der Waals surface area contributed by atoms with Gasteiger partial charge in [-0.1, -0.05) is 19.9 Å². The standard InChI is InChI=1S/C14H21N3O3/c1-4-15-9-6-5-7-10(13(9)17(19)20)16-11-8-12(18)14(11,2)3/h5-7,11-12,15-16,18H,4,8H2,1-3H3. The molecule has 0 heterocycles. The molecule has 6 nitrogen and oxygen atoms in total. The first-order valence-electron chi connectivity index (χ1n) is 6.83. The highest BCUT2D eigenvalue weighted by Gasteiger charge is 2.47. The van der Waals surface area contributed by atoms with Crippen LogP contribution in [0, 0.1) is 15.5 Å². The van der Waals surface area contributed by atoms with Gasteiger partial charge in [0.25, 0.3) is 0 Å². The lowest BCUT2D eigenvalue weighted by atomic mass is 9.64. The van der Waals surface area contributed by atoms with Crippen LogP contribution >= 0.6 is 0 Å². The maximum absolute atomic E-state index is 11.3. The van der Waals surface area contributed by atoms with Gasteiger partial charge in [0.2, 0.25) is 0 Å². The van der Waals surface area contributed by atoms with Gasteiger partial charge in [-0.15, -0.1) is 0 Å². The molecule has 0 aromatic heterocycles. The van der Waals surface area contributed by atoms with Crippen LogP contribution in [0.1, 0.15) is 27.2 Å². The Morgan fingerprint density at radius 2 is 2.10 bits per heavy atom. The molecule has 0 saturated heterocycles. The van der Waals surface area contributed by atoms with Gasteiger partial charge >= 0.3 is 5.69 Å². The first-order valence-corrected chi connectivity index (χ1v) is 6.83. The first-order chi connectivity index (χ1) is 9.37. The minimum Gasteiger partial charge on any atom is -0.392 e. The fraction of sp³-hybridized carbons (Fsp3) is 0.571. The van der Waals surface area contributed by atoms with Gasteiger partial charge in [0.1, 0.15) is 11.4 Å². The predicted molar refractivity (Wildman–Crippen MR) is 79.1 cm³/mol. The third kappa shape index (κ3) is 2.43. The van der Waals surface area contributed by atoms with Crippen molar-refractivity contribution in [2.75, 3.05) is 17.2 Å². The van der Waals surface area contributed by atoms with E-state index in [1.165, 1.54) is 0 Å². The molecule has 20 heavy (non-hydrogen) atoms. The van der Waals surface area contributed by atoms with Gasteiger partial charge in [0.05, 0.1) is 11.0 Å². The maximum atomic E-state index is 11.3. The van der Waals surface area contributed by atoms with E-state index in [0.29, 0.717) is 24.3 Å². The average molecular weight is 279 g/mol. The smallest absolute Gasteiger partial charge is 0.315 e. The second-order valence-electron chi connectivity index (χ2n) is 5.76. The summed E-state index contributed by atoms with van der Waals surface area (Å²) in [5, 5.41) is 27.3. The number of anilines is 2. The van der Waals surface area contributed by atoms with Gasteiger partial charge in [-0.05, 0) is 25.5 Å². The zero-order valence-corrected chi connectivity index (χ0v) is 12.0. The van der Waals surface area contributed by atoms with Crippen LogP contribution < -0.4 is 10.6 Å². The number of rotatable bonds is 5. The number of aliphatic hydroxyl groups is 1. The number of aliphatic hydroxyl groups excluding tert-OH is 1. The molecule has 2 atom stereocenters. The lowest BCUT2D eigenvalue weighted by molar-refractivity contribution is -0.383. The number of nitrogens with zero attached hydrogens (tertiary/aromatic N) is 1. The largest absolute Gasteiger partial charge is 0.392 e. The fourth-order valence-electron chi connectivity index (χ4n) is 2.52. The van der Waals surface area contributed by atoms with Crippen LogP contribution in [0.3, 0.4) is 0 Å². The van der Waals surface area contributed by atoms with Crippen LogP contribution in [0.25, 0.3) is 0 Å². The van der Waals surface area contributed by atoms with Gasteiger partial charge in [-0.2, -0.15) is 0 Å². The molecule has 0 amide bonds. The van der Waals surface area contributed by atoms with Crippen LogP contribution in [-0.4, -0.2) is 28.7 Å². The number of para-hydroxylation sites is 1. The van der Waals surface area contributed by atoms with Crippen LogP contribution in [-0.2, 0) is 0 Å². The van der Waals surface area contributed by atoms with Crippen molar-refractivity contribution in [2.45, 2.75) is 39.3 Å². The minimum absolute atomic E-state index is 0.0353. The van der Waals surface area contributed by atoms with Crippen molar-refractivity contribution in [1.82, 2.24) is 0 Å². The number of nitro benzene ring substituents is 1. The SMILES string of the molecule is CCNc1cccc(NC2CC(O)C2(C)C)c1[N+](=O)[O-]. The van der Waals surface area contributed by atoms with Gasteiger partial charge in [0, 0.05) is 18.0 Å². The molecule has 0 bridgehead atoms. The van der Waals surface area contributed by atoms with Crippen LogP contribution in [0.15, 0.2) is 18.2 Å². The van der Waals surface area contributed by atoms with E-state index < -0.39 is 0 Å². The molecule has 0 radical (unpaired) electrons. The lowest BCUT2D eigenvalue weighted by Crippen LogP contribution is -2.56. The van der Waals surface area contributed by atoms with Crippen molar-refractivity contribution in [1.29, 1.82) is 0 Å². The molecule has 110 valence electrons. The fourth-order valence-corrected chi connectivity index (χ4v) is 2.52. The Morgan fingerprint density at radius 1 is 1.45 bits per heavy atom. The van der Waals surface area contributed by atoms with Crippen molar-refractivity contribution >= 4 is 17.1 Å². The molecule has 1 saturated carbocycles.